The molecule has 1 aromatic carbocycles. The third-order valence-electron chi connectivity index (χ3n) is 2.72. The molecule has 16 heavy (non-hydrogen) atoms. The Morgan fingerprint density at radius 3 is 3.12 bits per heavy atom. The van der Waals surface area contributed by atoms with Gasteiger partial charge in [-0.3, -0.25) is 0 Å². The molecule has 0 fully saturated rings. The van der Waals surface area contributed by atoms with Gasteiger partial charge in [0.1, 0.15) is 17.9 Å². The SMILES string of the molecule is CC(CC=O)c1cc2c(cc1F)COCO2. The van der Waals surface area contributed by atoms with Crippen LogP contribution in [0.1, 0.15) is 30.4 Å². The monoisotopic (exact) mass is 224 g/mol. The molecule has 0 bridgehead atoms. The first kappa shape index (κ1) is 11.1. The molecule has 86 valence electrons. The van der Waals surface area contributed by atoms with Gasteiger partial charge < -0.3 is 14.3 Å². The highest BCUT2D eigenvalue weighted by Gasteiger charge is 2.18. The van der Waals surface area contributed by atoms with Gasteiger partial charge in [0.05, 0.1) is 6.61 Å². The number of ether oxygens (including phenoxy) is 2. The molecule has 1 aromatic rings. The Bertz CT molecular complexity index is 403. The van der Waals surface area contributed by atoms with E-state index in [1.54, 1.807) is 6.07 Å². The summed E-state index contributed by atoms with van der Waals surface area (Å²) in [6, 6.07) is 3.09. The van der Waals surface area contributed by atoms with Crippen molar-refractivity contribution < 1.29 is 18.7 Å². The predicted molar refractivity (Wildman–Crippen MR) is 55.8 cm³/mol. The third-order valence-corrected chi connectivity index (χ3v) is 2.72. The Hall–Kier alpha value is -1.42. The number of aldehydes is 1. The molecular formula is C12H13FO3. The van der Waals surface area contributed by atoms with Crippen molar-refractivity contribution in [1.29, 1.82) is 0 Å². The molecule has 1 atom stereocenters. The summed E-state index contributed by atoms with van der Waals surface area (Å²) in [5.41, 5.74) is 1.23. The van der Waals surface area contributed by atoms with Crippen LogP contribution in [-0.2, 0) is 16.1 Å². The van der Waals surface area contributed by atoms with Crippen LogP contribution in [0, 0.1) is 5.82 Å². The van der Waals surface area contributed by atoms with E-state index in [0.717, 1.165) is 6.29 Å². The summed E-state index contributed by atoms with van der Waals surface area (Å²) in [4.78, 5) is 10.4. The zero-order chi connectivity index (χ0) is 11.5. The molecule has 0 radical (unpaired) electrons. The maximum absolute atomic E-state index is 13.7. The van der Waals surface area contributed by atoms with Crippen molar-refractivity contribution in [2.24, 2.45) is 0 Å². The van der Waals surface area contributed by atoms with Gasteiger partial charge in [0.25, 0.3) is 0 Å². The Kier molecular flexibility index (Phi) is 3.19. The molecule has 1 aliphatic heterocycles. The first-order chi connectivity index (χ1) is 7.72. The van der Waals surface area contributed by atoms with Crippen LogP contribution in [0.3, 0.4) is 0 Å². The molecule has 0 amide bonds. The minimum absolute atomic E-state index is 0.130. The Labute approximate surface area is 93.2 Å². The van der Waals surface area contributed by atoms with Crippen LogP contribution in [0.4, 0.5) is 4.39 Å². The summed E-state index contributed by atoms with van der Waals surface area (Å²) in [5, 5.41) is 0. The van der Waals surface area contributed by atoms with E-state index in [4.69, 9.17) is 9.47 Å². The van der Waals surface area contributed by atoms with Crippen molar-refractivity contribution in [2.45, 2.75) is 25.9 Å². The lowest BCUT2D eigenvalue weighted by Crippen LogP contribution is -2.13. The second kappa shape index (κ2) is 4.61. The quantitative estimate of drug-likeness (QED) is 0.739. The van der Waals surface area contributed by atoms with E-state index in [-0.39, 0.29) is 18.5 Å². The van der Waals surface area contributed by atoms with Crippen LogP contribution < -0.4 is 4.74 Å². The predicted octanol–water partition coefficient (Wildman–Crippen LogP) is 2.38. The van der Waals surface area contributed by atoms with Crippen LogP contribution in [0.2, 0.25) is 0 Å². The normalized spacial score (nSPS) is 16.1. The van der Waals surface area contributed by atoms with Gasteiger partial charge in [-0.25, -0.2) is 4.39 Å². The molecule has 0 saturated carbocycles. The minimum Gasteiger partial charge on any atom is -0.467 e. The average molecular weight is 224 g/mol. The van der Waals surface area contributed by atoms with Crippen molar-refractivity contribution in [3.05, 3.63) is 29.1 Å². The van der Waals surface area contributed by atoms with Gasteiger partial charge >= 0.3 is 0 Å². The smallest absolute Gasteiger partial charge is 0.189 e. The van der Waals surface area contributed by atoms with E-state index in [1.165, 1.54) is 6.07 Å². The lowest BCUT2D eigenvalue weighted by molar-refractivity contribution is -0.108. The van der Waals surface area contributed by atoms with E-state index < -0.39 is 0 Å². The standard InChI is InChI=1S/C12H13FO3/c1-8(2-3-14)10-5-12-9(4-11(10)13)6-15-7-16-12/h3-5,8H,2,6-7H2,1H3. The molecule has 0 N–H and O–H groups in total. The Morgan fingerprint density at radius 2 is 2.38 bits per heavy atom. The highest BCUT2D eigenvalue weighted by Crippen LogP contribution is 2.31. The number of hydrogen-bond acceptors (Lipinski definition) is 3. The van der Waals surface area contributed by atoms with Crippen LogP contribution in [0.15, 0.2) is 12.1 Å². The molecule has 1 heterocycles. The zero-order valence-electron chi connectivity index (χ0n) is 9.03. The van der Waals surface area contributed by atoms with Crippen LogP contribution in [0.5, 0.6) is 5.75 Å². The van der Waals surface area contributed by atoms with Gasteiger partial charge in [-0.1, -0.05) is 6.92 Å². The maximum Gasteiger partial charge on any atom is 0.189 e. The van der Waals surface area contributed by atoms with Gasteiger partial charge in [0.2, 0.25) is 0 Å². The van der Waals surface area contributed by atoms with Gasteiger partial charge in [-0.05, 0) is 23.6 Å². The van der Waals surface area contributed by atoms with Crippen molar-refractivity contribution in [3.8, 4) is 5.75 Å². The molecule has 1 aliphatic rings. The first-order valence-corrected chi connectivity index (χ1v) is 5.19. The van der Waals surface area contributed by atoms with Gasteiger partial charge in [-0.2, -0.15) is 0 Å². The highest BCUT2D eigenvalue weighted by atomic mass is 19.1. The molecule has 0 spiro atoms. The second-order valence-corrected chi connectivity index (χ2v) is 3.90. The largest absolute Gasteiger partial charge is 0.467 e. The number of carbonyl (C=O) groups is 1. The van der Waals surface area contributed by atoms with Crippen molar-refractivity contribution in [3.63, 3.8) is 0 Å². The van der Waals surface area contributed by atoms with Crippen molar-refractivity contribution in [1.82, 2.24) is 0 Å². The van der Waals surface area contributed by atoms with Gasteiger partial charge in [0, 0.05) is 12.0 Å². The van der Waals surface area contributed by atoms with Gasteiger partial charge in [-0.15, -0.1) is 0 Å². The summed E-state index contributed by atoms with van der Waals surface area (Å²) < 4.78 is 24.0. The van der Waals surface area contributed by atoms with Crippen LogP contribution >= 0.6 is 0 Å². The fourth-order valence-corrected chi connectivity index (χ4v) is 1.76. The van der Waals surface area contributed by atoms with Crippen LogP contribution in [0.25, 0.3) is 0 Å². The average Bonchev–Trinajstić information content (AvgIpc) is 2.28. The topological polar surface area (TPSA) is 35.5 Å². The van der Waals surface area contributed by atoms with Crippen molar-refractivity contribution in [2.75, 3.05) is 6.79 Å². The molecule has 3 nitrogen and oxygen atoms in total. The summed E-state index contributed by atoms with van der Waals surface area (Å²) in [6.07, 6.45) is 1.11. The Morgan fingerprint density at radius 1 is 1.56 bits per heavy atom. The van der Waals surface area contributed by atoms with E-state index in [1.807, 2.05) is 6.92 Å². The number of hydrogen-bond donors (Lipinski definition) is 0. The minimum atomic E-state index is -0.304. The van der Waals surface area contributed by atoms with E-state index in [0.29, 0.717) is 29.9 Å². The summed E-state index contributed by atoms with van der Waals surface area (Å²) in [6.45, 7) is 2.38. The second-order valence-electron chi connectivity index (χ2n) is 3.90. The number of rotatable bonds is 3. The fraction of sp³-hybridized carbons (Fsp3) is 0.417. The Balaban J connectivity index is 2.35. The molecule has 0 aromatic heterocycles. The molecule has 4 heteroatoms. The molecule has 2 rings (SSSR count). The van der Waals surface area contributed by atoms with Crippen molar-refractivity contribution >= 4 is 6.29 Å². The molecule has 0 saturated heterocycles. The lowest BCUT2D eigenvalue weighted by Gasteiger charge is -2.20. The number of benzene rings is 1. The summed E-state index contributed by atoms with van der Waals surface area (Å²) in [7, 11) is 0. The lowest BCUT2D eigenvalue weighted by atomic mass is 9.96. The number of fused-ring (bicyclic) bond motifs is 1. The molecule has 0 aliphatic carbocycles. The van der Waals surface area contributed by atoms with E-state index in [9.17, 15) is 9.18 Å². The summed E-state index contributed by atoms with van der Waals surface area (Å²) in [5.74, 6) is 0.219. The van der Waals surface area contributed by atoms with Gasteiger partial charge in [0.15, 0.2) is 6.79 Å². The first-order valence-electron chi connectivity index (χ1n) is 5.19. The fourth-order valence-electron chi connectivity index (χ4n) is 1.76. The zero-order valence-corrected chi connectivity index (χ0v) is 9.03. The highest BCUT2D eigenvalue weighted by molar-refractivity contribution is 5.52. The molecule has 1 unspecified atom stereocenters. The van der Waals surface area contributed by atoms with E-state index >= 15 is 0 Å². The van der Waals surface area contributed by atoms with E-state index in [2.05, 4.69) is 0 Å². The number of halogens is 1. The third kappa shape index (κ3) is 2.07. The summed E-state index contributed by atoms with van der Waals surface area (Å²) >= 11 is 0. The van der Waals surface area contributed by atoms with Crippen LogP contribution in [-0.4, -0.2) is 13.1 Å². The maximum atomic E-state index is 13.7. The number of carbonyl (C=O) groups excluding carboxylic acids is 1. The molecular weight excluding hydrogens is 211 g/mol.